The van der Waals surface area contributed by atoms with Crippen molar-refractivity contribution in [2.75, 3.05) is 84.1 Å². The van der Waals surface area contributed by atoms with Gasteiger partial charge in [-0.3, -0.25) is 9.59 Å². The van der Waals surface area contributed by atoms with Crippen molar-refractivity contribution >= 4 is 35.2 Å². The lowest BCUT2D eigenvalue weighted by atomic mass is 9.95. The highest BCUT2D eigenvalue weighted by Crippen LogP contribution is 2.36. The molecule has 1 aliphatic rings. The number of anilines is 1. The van der Waals surface area contributed by atoms with E-state index in [1.54, 1.807) is 9.91 Å². The monoisotopic (exact) mass is 641 g/mol. The molecule has 0 saturated heterocycles. The second-order valence-electron chi connectivity index (χ2n) is 10.4. The van der Waals surface area contributed by atoms with Crippen LogP contribution in [0.15, 0.2) is 48.5 Å². The Labute approximate surface area is 270 Å². The highest BCUT2D eigenvalue weighted by atomic mass is 16.6. The number of para-hydroxylation sites is 1. The van der Waals surface area contributed by atoms with Gasteiger partial charge in [0.1, 0.15) is 6.29 Å². The van der Waals surface area contributed by atoms with E-state index in [-0.39, 0.29) is 24.7 Å². The number of hydrazine groups is 1. The first-order valence-electron chi connectivity index (χ1n) is 15.5. The van der Waals surface area contributed by atoms with Crippen molar-refractivity contribution in [3.05, 3.63) is 65.2 Å². The molecule has 46 heavy (non-hydrogen) atoms. The van der Waals surface area contributed by atoms with E-state index in [0.29, 0.717) is 108 Å². The zero-order valence-corrected chi connectivity index (χ0v) is 26.6. The molecule has 0 radical (unpaired) electrons. The zero-order valence-electron chi connectivity index (χ0n) is 26.6. The maximum Gasteiger partial charge on any atom is 0.227 e. The standard InChI is InChI=1S/C33H47N5O8/c1-26(40)36-12-15-42-17-19-44-21-23-46-24-22-45-20-18-43-16-13-38(35)33-28-8-3-2-7-27(28)25-37(31(41)11-6-14-39)30-10-5-4-9-29(30)32(33)34/h2-5,7-10,14H,6,11-13,15-25,34-35H2,1H3,(H,36,40)/b33-32-. The molecule has 0 bridgehead atoms. The van der Waals surface area contributed by atoms with Crippen molar-refractivity contribution in [2.24, 2.45) is 11.6 Å². The minimum atomic E-state index is -0.152. The molecule has 2 aromatic rings. The van der Waals surface area contributed by atoms with Gasteiger partial charge < -0.3 is 49.4 Å². The number of amides is 2. The number of ether oxygens (including phenoxy) is 5. The van der Waals surface area contributed by atoms with Gasteiger partial charge in [0.25, 0.3) is 0 Å². The van der Waals surface area contributed by atoms with Gasteiger partial charge in [-0.05, 0) is 11.6 Å². The average Bonchev–Trinajstić information content (AvgIpc) is 3.05. The molecule has 252 valence electrons. The van der Waals surface area contributed by atoms with E-state index in [9.17, 15) is 14.4 Å². The molecule has 0 saturated carbocycles. The van der Waals surface area contributed by atoms with Crippen LogP contribution in [0.4, 0.5) is 5.69 Å². The molecule has 1 heterocycles. The molecule has 13 heteroatoms. The summed E-state index contributed by atoms with van der Waals surface area (Å²) in [5, 5.41) is 4.24. The van der Waals surface area contributed by atoms with Crippen LogP contribution < -0.4 is 21.8 Å². The first-order valence-corrected chi connectivity index (χ1v) is 15.5. The molecule has 0 aromatic heterocycles. The Morgan fingerprint density at radius 2 is 1.37 bits per heavy atom. The highest BCUT2D eigenvalue weighted by Gasteiger charge is 2.27. The van der Waals surface area contributed by atoms with Crippen LogP contribution in [0, 0.1) is 0 Å². The largest absolute Gasteiger partial charge is 0.396 e. The Hall–Kier alpha value is -3.85. The summed E-state index contributed by atoms with van der Waals surface area (Å²) in [4.78, 5) is 36.5. The van der Waals surface area contributed by atoms with Gasteiger partial charge in [0, 0.05) is 37.4 Å². The third-order valence-electron chi connectivity index (χ3n) is 6.99. The SMILES string of the molecule is CC(=O)NCCOCCOCCOCCOCCOCCN(N)/C1=C(\N)c2ccccc2N(C(=O)CCC=O)Cc2ccccc21. The number of nitrogens with zero attached hydrogens (tertiary/aromatic N) is 2. The van der Waals surface area contributed by atoms with Crippen molar-refractivity contribution in [3.8, 4) is 0 Å². The minimum absolute atomic E-state index is 0.0744. The van der Waals surface area contributed by atoms with Crippen molar-refractivity contribution in [2.45, 2.75) is 26.3 Å². The Bertz CT molecular complexity index is 1270. The first-order chi connectivity index (χ1) is 22.4. The third kappa shape index (κ3) is 12.2. The summed E-state index contributed by atoms with van der Waals surface area (Å²) >= 11 is 0. The molecule has 3 rings (SSSR count). The Balaban J connectivity index is 1.39. The van der Waals surface area contributed by atoms with Crippen LogP contribution in [0.25, 0.3) is 11.4 Å². The molecule has 2 aromatic carbocycles. The molecule has 13 nitrogen and oxygen atoms in total. The van der Waals surface area contributed by atoms with Gasteiger partial charge in [0.05, 0.1) is 96.2 Å². The average molecular weight is 642 g/mol. The second-order valence-corrected chi connectivity index (χ2v) is 10.4. The molecule has 5 N–H and O–H groups in total. The fourth-order valence-electron chi connectivity index (χ4n) is 4.76. The normalized spacial score (nSPS) is 14.2. The lowest BCUT2D eigenvalue weighted by Gasteiger charge is -2.32. The van der Waals surface area contributed by atoms with Gasteiger partial charge >= 0.3 is 0 Å². The van der Waals surface area contributed by atoms with E-state index < -0.39 is 0 Å². The number of fused-ring (bicyclic) bond motifs is 2. The van der Waals surface area contributed by atoms with Crippen LogP contribution in [-0.2, 0) is 44.6 Å². The second kappa shape index (κ2) is 21.0. The lowest BCUT2D eigenvalue weighted by Crippen LogP contribution is -2.37. The summed E-state index contributed by atoms with van der Waals surface area (Å²) in [6.45, 7) is 6.98. The first kappa shape index (κ1) is 36.6. The number of benzene rings is 2. The molecular weight excluding hydrogens is 594 g/mol. The molecule has 0 spiro atoms. The summed E-state index contributed by atoms with van der Waals surface area (Å²) in [6.07, 6.45) is 1.02. The fraction of sp³-hybridized carbons (Fsp3) is 0.485. The predicted octanol–water partition coefficient (Wildman–Crippen LogP) is 1.69. The van der Waals surface area contributed by atoms with Crippen LogP contribution in [-0.4, -0.2) is 102 Å². The number of nitrogens with one attached hydrogen (secondary N) is 1. The molecule has 2 amide bonds. The zero-order chi connectivity index (χ0) is 33.0. The maximum atomic E-state index is 13.1. The smallest absolute Gasteiger partial charge is 0.227 e. The lowest BCUT2D eigenvalue weighted by molar-refractivity contribution is -0.120. The number of rotatable bonds is 22. The summed E-state index contributed by atoms with van der Waals surface area (Å²) in [7, 11) is 0. The van der Waals surface area contributed by atoms with E-state index in [2.05, 4.69) is 5.32 Å². The number of aldehydes is 1. The Morgan fingerprint density at radius 1 is 0.826 bits per heavy atom. The Kier molecular flexibility index (Phi) is 16.7. The molecule has 0 atom stereocenters. The van der Waals surface area contributed by atoms with E-state index in [1.807, 2.05) is 48.5 Å². The van der Waals surface area contributed by atoms with E-state index in [4.69, 9.17) is 35.3 Å². The van der Waals surface area contributed by atoms with Gasteiger partial charge in [-0.15, -0.1) is 0 Å². The summed E-state index contributed by atoms with van der Waals surface area (Å²) in [5.41, 5.74) is 10.9. The molecule has 0 unspecified atom stereocenters. The fourth-order valence-corrected chi connectivity index (χ4v) is 4.76. The van der Waals surface area contributed by atoms with Crippen LogP contribution in [0.3, 0.4) is 0 Å². The molecule has 0 fully saturated rings. The number of hydrogen-bond donors (Lipinski definition) is 3. The van der Waals surface area contributed by atoms with Crippen LogP contribution in [0.5, 0.6) is 0 Å². The quantitative estimate of drug-likeness (QED) is 0.0741. The van der Waals surface area contributed by atoms with Crippen LogP contribution >= 0.6 is 0 Å². The minimum Gasteiger partial charge on any atom is -0.396 e. The van der Waals surface area contributed by atoms with Gasteiger partial charge in [-0.1, -0.05) is 42.5 Å². The third-order valence-corrected chi connectivity index (χ3v) is 6.99. The summed E-state index contributed by atoms with van der Waals surface area (Å²) in [6, 6.07) is 15.2. The van der Waals surface area contributed by atoms with Gasteiger partial charge in [-0.2, -0.15) is 0 Å². The summed E-state index contributed by atoms with van der Waals surface area (Å²) < 4.78 is 27.6. The van der Waals surface area contributed by atoms with Gasteiger partial charge in [0.15, 0.2) is 0 Å². The predicted molar refractivity (Wildman–Crippen MR) is 174 cm³/mol. The molecule has 1 aliphatic heterocycles. The summed E-state index contributed by atoms with van der Waals surface area (Å²) in [5.74, 6) is 6.36. The van der Waals surface area contributed by atoms with E-state index >= 15 is 0 Å². The Morgan fingerprint density at radius 3 is 1.98 bits per heavy atom. The van der Waals surface area contributed by atoms with Crippen molar-refractivity contribution in [1.82, 2.24) is 10.3 Å². The van der Waals surface area contributed by atoms with Crippen LogP contribution in [0.1, 0.15) is 36.5 Å². The van der Waals surface area contributed by atoms with E-state index in [1.165, 1.54) is 6.92 Å². The van der Waals surface area contributed by atoms with Crippen molar-refractivity contribution in [1.29, 1.82) is 0 Å². The van der Waals surface area contributed by atoms with Gasteiger partial charge in [-0.25, -0.2) is 5.84 Å². The van der Waals surface area contributed by atoms with Crippen molar-refractivity contribution < 1.29 is 38.1 Å². The molecule has 0 aliphatic carbocycles. The number of nitrogens with two attached hydrogens (primary N) is 2. The van der Waals surface area contributed by atoms with Crippen molar-refractivity contribution in [3.63, 3.8) is 0 Å². The number of carbonyl (C=O) groups excluding carboxylic acids is 3. The van der Waals surface area contributed by atoms with Gasteiger partial charge in [0.2, 0.25) is 11.8 Å². The van der Waals surface area contributed by atoms with E-state index in [0.717, 1.165) is 17.4 Å². The number of hydrogen-bond acceptors (Lipinski definition) is 11. The van der Waals surface area contributed by atoms with Crippen LogP contribution in [0.2, 0.25) is 0 Å². The topological polar surface area (TPSA) is 168 Å². The number of carbonyl (C=O) groups is 3. The maximum absolute atomic E-state index is 13.1. The highest BCUT2D eigenvalue weighted by molar-refractivity contribution is 6.01. The molecular formula is C33H47N5O8.